The lowest BCUT2D eigenvalue weighted by atomic mass is 9.88. The van der Waals surface area contributed by atoms with E-state index >= 15 is 0 Å². The van der Waals surface area contributed by atoms with Gasteiger partial charge in [-0.1, -0.05) is 31.2 Å². The number of fused-ring (bicyclic) bond motifs is 1. The topological polar surface area (TPSA) is 20.2 Å². The van der Waals surface area contributed by atoms with Crippen molar-refractivity contribution in [1.29, 1.82) is 0 Å². The third-order valence-electron chi connectivity index (χ3n) is 3.29. The van der Waals surface area contributed by atoms with Gasteiger partial charge in [0.1, 0.15) is 11.8 Å². The first-order valence-electron chi connectivity index (χ1n) is 5.04. The van der Waals surface area contributed by atoms with E-state index in [1.807, 2.05) is 31.2 Å². The Labute approximate surface area is 83.6 Å². The van der Waals surface area contributed by atoms with Crippen molar-refractivity contribution in [3.8, 4) is 0 Å². The van der Waals surface area contributed by atoms with Crippen LogP contribution in [-0.2, 0) is 0 Å². The van der Waals surface area contributed by atoms with Crippen molar-refractivity contribution in [3.63, 3.8) is 0 Å². The molecular weight excluding hydrogens is 179 g/mol. The summed E-state index contributed by atoms with van der Waals surface area (Å²) in [6, 6.07) is 7.47. The second kappa shape index (κ2) is 3.06. The molecule has 2 rings (SSSR count). The van der Waals surface area contributed by atoms with Crippen LogP contribution in [0.3, 0.4) is 0 Å². The quantitative estimate of drug-likeness (QED) is 0.728. The van der Waals surface area contributed by atoms with Crippen molar-refractivity contribution >= 4 is 0 Å². The average molecular weight is 194 g/mol. The van der Waals surface area contributed by atoms with E-state index in [9.17, 15) is 9.50 Å². The highest BCUT2D eigenvalue weighted by Crippen LogP contribution is 2.51. The lowest BCUT2D eigenvalue weighted by molar-refractivity contribution is -0.000826. The molecule has 1 aromatic rings. The number of rotatable bonds is 1. The van der Waals surface area contributed by atoms with Crippen molar-refractivity contribution in [3.05, 3.63) is 35.4 Å². The van der Waals surface area contributed by atoms with Gasteiger partial charge in [0, 0.05) is 5.92 Å². The monoisotopic (exact) mass is 194 g/mol. The molecule has 0 aromatic heterocycles. The third-order valence-corrected chi connectivity index (χ3v) is 3.29. The summed E-state index contributed by atoms with van der Waals surface area (Å²) in [6.45, 7) is 3.45. The summed E-state index contributed by atoms with van der Waals surface area (Å²) < 4.78 is 14.2. The summed E-state index contributed by atoms with van der Waals surface area (Å²) >= 11 is 0. The van der Waals surface area contributed by atoms with Gasteiger partial charge in [-0.3, -0.25) is 0 Å². The molecule has 1 aliphatic rings. The fourth-order valence-corrected chi connectivity index (χ4v) is 2.49. The van der Waals surface area contributed by atoms with Crippen LogP contribution < -0.4 is 0 Å². The zero-order valence-electron chi connectivity index (χ0n) is 8.50. The number of alkyl halides is 1. The minimum Gasteiger partial charge on any atom is -0.385 e. The molecule has 0 bridgehead atoms. The van der Waals surface area contributed by atoms with Gasteiger partial charge in [-0.2, -0.15) is 0 Å². The van der Waals surface area contributed by atoms with Crippen molar-refractivity contribution < 1.29 is 9.50 Å². The maximum absolute atomic E-state index is 14.2. The van der Waals surface area contributed by atoms with Crippen molar-refractivity contribution in [2.24, 2.45) is 0 Å². The van der Waals surface area contributed by atoms with Crippen LogP contribution in [0.15, 0.2) is 24.3 Å². The first-order chi connectivity index (χ1) is 6.59. The third kappa shape index (κ3) is 1.10. The number of halogens is 1. The maximum atomic E-state index is 14.2. The fraction of sp³-hybridized carbons (Fsp3) is 0.500. The minimum atomic E-state index is -1.52. The van der Waals surface area contributed by atoms with E-state index in [-0.39, 0.29) is 5.92 Å². The molecule has 0 radical (unpaired) electrons. The second-order valence-electron chi connectivity index (χ2n) is 4.14. The molecule has 0 fully saturated rings. The van der Waals surface area contributed by atoms with Gasteiger partial charge in [-0.25, -0.2) is 4.39 Å². The lowest BCUT2D eigenvalue weighted by Gasteiger charge is -2.25. The molecule has 76 valence electrons. The van der Waals surface area contributed by atoms with E-state index in [4.69, 9.17) is 0 Å². The van der Waals surface area contributed by atoms with Gasteiger partial charge in [0.25, 0.3) is 0 Å². The summed E-state index contributed by atoms with van der Waals surface area (Å²) in [4.78, 5) is 0. The Bertz CT molecular complexity index is 346. The van der Waals surface area contributed by atoms with E-state index < -0.39 is 11.8 Å². The van der Waals surface area contributed by atoms with Crippen LogP contribution in [0.2, 0.25) is 0 Å². The highest BCUT2D eigenvalue weighted by Gasteiger charge is 2.49. The zero-order valence-corrected chi connectivity index (χ0v) is 8.50. The number of hydrogen-bond acceptors (Lipinski definition) is 1. The van der Waals surface area contributed by atoms with Crippen molar-refractivity contribution in [2.45, 2.75) is 38.0 Å². The Kier molecular flexibility index (Phi) is 2.11. The molecule has 1 nitrogen and oxygen atoms in total. The predicted octanol–water partition coefficient (Wildman–Crippen LogP) is 2.96. The molecule has 1 aromatic carbocycles. The number of benzene rings is 1. The molecule has 1 aliphatic carbocycles. The Morgan fingerprint density at radius 3 is 2.50 bits per heavy atom. The van der Waals surface area contributed by atoms with Crippen LogP contribution >= 0.6 is 0 Å². The number of hydrogen-bond donors (Lipinski definition) is 1. The highest BCUT2D eigenvalue weighted by atomic mass is 19.1. The van der Waals surface area contributed by atoms with Crippen LogP contribution in [0.4, 0.5) is 4.39 Å². The fourth-order valence-electron chi connectivity index (χ4n) is 2.49. The van der Waals surface area contributed by atoms with E-state index in [0.717, 1.165) is 17.5 Å². The van der Waals surface area contributed by atoms with Gasteiger partial charge in [0.2, 0.25) is 0 Å². The molecule has 0 saturated carbocycles. The lowest BCUT2D eigenvalue weighted by Crippen LogP contribution is -2.28. The molecule has 1 N–H and O–H groups in total. The molecule has 0 spiro atoms. The van der Waals surface area contributed by atoms with Gasteiger partial charge < -0.3 is 5.11 Å². The van der Waals surface area contributed by atoms with E-state index in [0.29, 0.717) is 0 Å². The zero-order chi connectivity index (χ0) is 10.3. The van der Waals surface area contributed by atoms with Gasteiger partial charge in [-0.15, -0.1) is 0 Å². The molecule has 1 unspecified atom stereocenters. The normalized spacial score (nSPS) is 35.7. The summed E-state index contributed by atoms with van der Waals surface area (Å²) in [6.07, 6.45) is -0.246. The average Bonchev–Trinajstić information content (AvgIpc) is 2.36. The van der Waals surface area contributed by atoms with Crippen LogP contribution in [0.5, 0.6) is 0 Å². The van der Waals surface area contributed by atoms with Gasteiger partial charge in [-0.05, 0) is 24.5 Å². The second-order valence-corrected chi connectivity index (χ2v) is 4.14. The van der Waals surface area contributed by atoms with Crippen molar-refractivity contribution in [2.75, 3.05) is 0 Å². The molecule has 0 amide bonds. The Balaban J connectivity index is 2.55. The van der Waals surface area contributed by atoms with E-state index in [1.165, 1.54) is 6.92 Å². The largest absolute Gasteiger partial charge is 0.385 e. The molecule has 0 heterocycles. The van der Waals surface area contributed by atoms with Crippen LogP contribution in [0.25, 0.3) is 0 Å². The maximum Gasteiger partial charge on any atom is 0.144 e. The van der Waals surface area contributed by atoms with E-state index in [2.05, 4.69) is 0 Å². The Hall–Kier alpha value is -0.890. The highest BCUT2D eigenvalue weighted by molar-refractivity contribution is 5.41. The summed E-state index contributed by atoms with van der Waals surface area (Å²) in [7, 11) is 0. The molecular formula is C12H15FO. The van der Waals surface area contributed by atoms with Gasteiger partial charge >= 0.3 is 0 Å². The first-order valence-corrected chi connectivity index (χ1v) is 5.04. The number of aliphatic hydroxyl groups excluding tert-OH is 1. The molecule has 0 aliphatic heterocycles. The summed E-state index contributed by atoms with van der Waals surface area (Å²) in [5.74, 6) is -0.173. The summed E-state index contributed by atoms with van der Waals surface area (Å²) in [5.41, 5.74) is 0.204. The van der Waals surface area contributed by atoms with E-state index in [1.54, 1.807) is 0 Å². The molecule has 0 saturated heterocycles. The minimum absolute atomic E-state index is 0.173. The van der Waals surface area contributed by atoms with Crippen molar-refractivity contribution in [1.82, 2.24) is 0 Å². The Morgan fingerprint density at radius 1 is 1.36 bits per heavy atom. The first kappa shape index (κ1) is 9.66. The standard InChI is InChI=1S/C12H15FO/c1-3-10-8-6-4-5-7-9(8)11(14)12(10,2)13/h4-7,10-11,14H,3H2,1-2H3/t10-,11+,12?/m0/s1. The van der Waals surface area contributed by atoms with Crippen LogP contribution in [-0.4, -0.2) is 10.8 Å². The van der Waals surface area contributed by atoms with Gasteiger partial charge in [0.15, 0.2) is 0 Å². The van der Waals surface area contributed by atoms with Gasteiger partial charge in [0.05, 0.1) is 0 Å². The molecule has 3 atom stereocenters. The van der Waals surface area contributed by atoms with Crippen LogP contribution in [0, 0.1) is 0 Å². The predicted molar refractivity (Wildman–Crippen MR) is 53.9 cm³/mol. The Morgan fingerprint density at radius 2 is 1.93 bits per heavy atom. The number of aliphatic hydroxyl groups is 1. The molecule has 2 heteroatoms. The summed E-state index contributed by atoms with van der Waals surface area (Å²) in [5, 5.41) is 9.84. The molecule has 14 heavy (non-hydrogen) atoms. The SMILES string of the molecule is CC[C@H]1c2ccccc2[C@@H](O)C1(C)F. The van der Waals surface area contributed by atoms with Crippen LogP contribution in [0.1, 0.15) is 43.4 Å². The smallest absolute Gasteiger partial charge is 0.144 e.